The molecular formula is C16H19N3O2. The number of methoxy groups -OCH3 is 1. The number of urea groups is 1. The minimum Gasteiger partial charge on any atom is -0.481 e. The van der Waals surface area contributed by atoms with Crippen molar-refractivity contribution in [3.63, 3.8) is 0 Å². The van der Waals surface area contributed by atoms with Crippen LogP contribution in [0.2, 0.25) is 0 Å². The summed E-state index contributed by atoms with van der Waals surface area (Å²) >= 11 is 0. The Morgan fingerprint density at radius 1 is 1.24 bits per heavy atom. The van der Waals surface area contributed by atoms with Crippen molar-refractivity contribution >= 4 is 11.7 Å². The largest absolute Gasteiger partial charge is 0.481 e. The van der Waals surface area contributed by atoms with Gasteiger partial charge in [-0.05, 0) is 43.2 Å². The predicted molar refractivity (Wildman–Crippen MR) is 82.6 cm³/mol. The maximum Gasteiger partial charge on any atom is 0.319 e. The first-order valence-electron chi connectivity index (χ1n) is 6.69. The molecule has 0 fully saturated rings. The number of benzene rings is 1. The molecule has 0 saturated carbocycles. The molecule has 1 heterocycles. The van der Waals surface area contributed by atoms with E-state index < -0.39 is 0 Å². The Morgan fingerprint density at radius 3 is 2.62 bits per heavy atom. The number of ether oxygens (including phenoxy) is 1. The molecule has 0 atom stereocenters. The van der Waals surface area contributed by atoms with Gasteiger partial charge in [0.25, 0.3) is 0 Å². The van der Waals surface area contributed by atoms with Gasteiger partial charge >= 0.3 is 6.03 Å². The Labute approximate surface area is 124 Å². The first-order chi connectivity index (χ1) is 10.1. The van der Waals surface area contributed by atoms with E-state index in [0.29, 0.717) is 12.4 Å². The van der Waals surface area contributed by atoms with E-state index in [-0.39, 0.29) is 6.03 Å². The number of carbonyl (C=O) groups is 1. The Bertz CT molecular complexity index is 621. The van der Waals surface area contributed by atoms with Crippen molar-refractivity contribution in [2.24, 2.45) is 0 Å². The van der Waals surface area contributed by atoms with E-state index in [1.165, 1.54) is 0 Å². The van der Waals surface area contributed by atoms with Gasteiger partial charge < -0.3 is 15.4 Å². The molecular weight excluding hydrogens is 266 g/mol. The molecule has 0 aliphatic rings. The van der Waals surface area contributed by atoms with Gasteiger partial charge in [0.15, 0.2) is 0 Å². The van der Waals surface area contributed by atoms with E-state index in [2.05, 4.69) is 21.7 Å². The first-order valence-corrected chi connectivity index (χ1v) is 6.69. The van der Waals surface area contributed by atoms with Crippen LogP contribution in [0.4, 0.5) is 10.5 Å². The zero-order valence-electron chi connectivity index (χ0n) is 12.4. The van der Waals surface area contributed by atoms with Gasteiger partial charge in [0, 0.05) is 24.0 Å². The highest BCUT2D eigenvalue weighted by Crippen LogP contribution is 2.15. The Morgan fingerprint density at radius 2 is 1.95 bits per heavy atom. The van der Waals surface area contributed by atoms with Crippen LogP contribution in [0.1, 0.15) is 16.7 Å². The van der Waals surface area contributed by atoms with E-state index in [1.807, 2.05) is 32.0 Å². The SMILES string of the molecule is COc1ncccc1CNC(=O)Nc1cc(C)cc(C)c1. The number of hydrogen-bond acceptors (Lipinski definition) is 3. The molecule has 1 aromatic carbocycles. The molecule has 2 aromatic rings. The third-order valence-electron chi connectivity index (χ3n) is 2.96. The number of nitrogens with zero attached hydrogens (tertiary/aromatic N) is 1. The number of nitrogens with one attached hydrogen (secondary N) is 2. The summed E-state index contributed by atoms with van der Waals surface area (Å²) in [5, 5.41) is 5.61. The van der Waals surface area contributed by atoms with Gasteiger partial charge in [0.05, 0.1) is 7.11 Å². The van der Waals surface area contributed by atoms with Gasteiger partial charge in [-0.2, -0.15) is 0 Å². The predicted octanol–water partition coefficient (Wildman–Crippen LogP) is 3.03. The molecule has 0 aliphatic heterocycles. The second-order valence-electron chi connectivity index (χ2n) is 4.86. The van der Waals surface area contributed by atoms with Crippen LogP contribution in [-0.2, 0) is 6.54 Å². The third kappa shape index (κ3) is 4.21. The van der Waals surface area contributed by atoms with E-state index in [9.17, 15) is 4.79 Å². The van der Waals surface area contributed by atoms with E-state index >= 15 is 0 Å². The zero-order chi connectivity index (χ0) is 15.2. The molecule has 5 nitrogen and oxygen atoms in total. The minimum atomic E-state index is -0.258. The normalized spacial score (nSPS) is 10.0. The van der Waals surface area contributed by atoms with Gasteiger partial charge in [-0.3, -0.25) is 0 Å². The summed E-state index contributed by atoms with van der Waals surface area (Å²) in [6, 6.07) is 9.33. The molecule has 2 N–H and O–H groups in total. The molecule has 0 unspecified atom stereocenters. The number of aryl methyl sites for hydroxylation is 2. The number of aromatic nitrogens is 1. The number of carbonyl (C=O) groups excluding carboxylic acids is 1. The van der Waals surface area contributed by atoms with Gasteiger partial charge in [-0.15, -0.1) is 0 Å². The smallest absolute Gasteiger partial charge is 0.319 e. The summed E-state index contributed by atoms with van der Waals surface area (Å²) in [6.07, 6.45) is 1.65. The van der Waals surface area contributed by atoms with Crippen molar-refractivity contribution in [3.05, 3.63) is 53.2 Å². The van der Waals surface area contributed by atoms with Gasteiger partial charge in [0.2, 0.25) is 5.88 Å². The van der Waals surface area contributed by atoms with Crippen LogP contribution in [0.25, 0.3) is 0 Å². The van der Waals surface area contributed by atoms with Crippen molar-refractivity contribution in [2.75, 3.05) is 12.4 Å². The highest BCUT2D eigenvalue weighted by Gasteiger charge is 2.06. The topological polar surface area (TPSA) is 63.2 Å². The summed E-state index contributed by atoms with van der Waals surface area (Å²) in [6.45, 7) is 4.35. The number of hydrogen-bond donors (Lipinski definition) is 2. The number of anilines is 1. The van der Waals surface area contributed by atoms with Crippen molar-refractivity contribution in [1.29, 1.82) is 0 Å². The fourth-order valence-corrected chi connectivity index (χ4v) is 2.14. The van der Waals surface area contributed by atoms with Crippen LogP contribution in [-0.4, -0.2) is 18.1 Å². The van der Waals surface area contributed by atoms with Gasteiger partial charge in [0.1, 0.15) is 0 Å². The molecule has 0 bridgehead atoms. The summed E-state index contributed by atoms with van der Waals surface area (Å²) in [5.41, 5.74) is 3.83. The lowest BCUT2D eigenvalue weighted by Gasteiger charge is -2.10. The monoisotopic (exact) mass is 285 g/mol. The molecule has 110 valence electrons. The summed E-state index contributed by atoms with van der Waals surface area (Å²) in [7, 11) is 1.56. The highest BCUT2D eigenvalue weighted by molar-refractivity contribution is 5.89. The lowest BCUT2D eigenvalue weighted by molar-refractivity contribution is 0.251. The molecule has 2 amide bonds. The standard InChI is InChI=1S/C16H19N3O2/c1-11-7-12(2)9-14(8-11)19-16(20)18-10-13-5-4-6-17-15(13)21-3/h4-9H,10H2,1-3H3,(H2,18,19,20). The first kappa shape index (κ1) is 14.8. The van der Waals surface area contributed by atoms with Gasteiger partial charge in [-0.25, -0.2) is 9.78 Å². The second-order valence-corrected chi connectivity index (χ2v) is 4.86. The van der Waals surface area contributed by atoms with Crippen molar-refractivity contribution in [2.45, 2.75) is 20.4 Å². The molecule has 0 radical (unpaired) electrons. The Kier molecular flexibility index (Phi) is 4.77. The average molecular weight is 285 g/mol. The maximum absolute atomic E-state index is 11.9. The fourth-order valence-electron chi connectivity index (χ4n) is 2.14. The number of pyridine rings is 1. The molecule has 5 heteroatoms. The van der Waals surface area contributed by atoms with Crippen LogP contribution < -0.4 is 15.4 Å². The van der Waals surface area contributed by atoms with E-state index in [0.717, 1.165) is 22.4 Å². The maximum atomic E-state index is 11.9. The fraction of sp³-hybridized carbons (Fsp3) is 0.250. The number of rotatable bonds is 4. The molecule has 1 aromatic heterocycles. The van der Waals surface area contributed by atoms with Crippen molar-refractivity contribution < 1.29 is 9.53 Å². The van der Waals surface area contributed by atoms with Gasteiger partial charge in [-0.1, -0.05) is 12.1 Å². The van der Waals surface area contributed by atoms with Crippen molar-refractivity contribution in [3.8, 4) is 5.88 Å². The summed E-state index contributed by atoms with van der Waals surface area (Å²) in [4.78, 5) is 16.0. The highest BCUT2D eigenvalue weighted by atomic mass is 16.5. The quantitative estimate of drug-likeness (QED) is 0.907. The van der Waals surface area contributed by atoms with E-state index in [4.69, 9.17) is 4.74 Å². The minimum absolute atomic E-state index is 0.258. The Balaban J connectivity index is 1.96. The lowest BCUT2D eigenvalue weighted by atomic mass is 10.1. The van der Waals surface area contributed by atoms with Crippen LogP contribution in [0, 0.1) is 13.8 Å². The molecule has 21 heavy (non-hydrogen) atoms. The summed E-state index contributed by atoms with van der Waals surface area (Å²) < 4.78 is 5.14. The Hall–Kier alpha value is -2.56. The second kappa shape index (κ2) is 6.74. The van der Waals surface area contributed by atoms with E-state index in [1.54, 1.807) is 19.4 Å². The number of amides is 2. The molecule has 2 rings (SSSR count). The summed E-state index contributed by atoms with van der Waals surface area (Å²) in [5.74, 6) is 0.518. The van der Waals surface area contributed by atoms with Crippen LogP contribution in [0.3, 0.4) is 0 Å². The molecule has 0 aliphatic carbocycles. The van der Waals surface area contributed by atoms with Crippen LogP contribution in [0.5, 0.6) is 5.88 Å². The third-order valence-corrected chi connectivity index (χ3v) is 2.96. The molecule has 0 saturated heterocycles. The van der Waals surface area contributed by atoms with Crippen LogP contribution in [0.15, 0.2) is 36.5 Å². The molecule has 0 spiro atoms. The zero-order valence-corrected chi connectivity index (χ0v) is 12.4. The van der Waals surface area contributed by atoms with Crippen LogP contribution >= 0.6 is 0 Å². The lowest BCUT2D eigenvalue weighted by Crippen LogP contribution is -2.28. The van der Waals surface area contributed by atoms with Crippen molar-refractivity contribution in [1.82, 2.24) is 10.3 Å². The average Bonchev–Trinajstić information content (AvgIpc) is 2.44.